The Balaban J connectivity index is 1.57. The lowest BCUT2D eigenvalue weighted by atomic mass is 9.85. The van der Waals surface area contributed by atoms with Crippen LogP contribution in [0.4, 0.5) is 8.78 Å². The molecule has 0 aliphatic carbocycles. The van der Waals surface area contributed by atoms with Gasteiger partial charge in [-0.05, 0) is 72.0 Å². The molecule has 1 aliphatic rings. The third kappa shape index (κ3) is 6.16. The summed E-state index contributed by atoms with van der Waals surface area (Å²) in [5.41, 5.74) is 2.76. The minimum atomic E-state index is -0.790. The van der Waals surface area contributed by atoms with Gasteiger partial charge in [-0.3, -0.25) is 9.59 Å². The summed E-state index contributed by atoms with van der Waals surface area (Å²) in [4.78, 5) is 27.8. The zero-order chi connectivity index (χ0) is 26.7. The Morgan fingerprint density at radius 3 is 2.43 bits per heavy atom. The topological polar surface area (TPSA) is 58.6 Å². The lowest BCUT2D eigenvalue weighted by Gasteiger charge is -2.41. The molecule has 0 bridgehead atoms. The molecule has 1 N–H and O–H groups in total. The van der Waals surface area contributed by atoms with Crippen LogP contribution >= 0.6 is 0 Å². The first-order chi connectivity index (χ1) is 17.5. The van der Waals surface area contributed by atoms with Crippen LogP contribution in [0.3, 0.4) is 0 Å². The Kier molecular flexibility index (Phi) is 7.62. The summed E-state index contributed by atoms with van der Waals surface area (Å²) < 4.78 is 33.3. The highest BCUT2D eigenvalue weighted by Gasteiger charge is 2.37. The Labute approximate surface area is 216 Å². The van der Waals surface area contributed by atoms with Gasteiger partial charge in [-0.1, -0.05) is 51.1 Å². The van der Waals surface area contributed by atoms with Crippen LogP contribution in [-0.2, 0) is 22.6 Å². The molecule has 0 unspecified atom stereocenters. The normalized spacial score (nSPS) is 16.1. The number of hydrogen-bond donors (Lipinski definition) is 1. The van der Waals surface area contributed by atoms with Crippen LogP contribution in [0, 0.1) is 17.0 Å². The summed E-state index contributed by atoms with van der Waals surface area (Å²) in [6, 6.07) is 17.4. The summed E-state index contributed by atoms with van der Waals surface area (Å²) >= 11 is 0. The van der Waals surface area contributed by atoms with E-state index < -0.39 is 17.6 Å². The third-order valence-electron chi connectivity index (χ3n) is 6.47. The van der Waals surface area contributed by atoms with Crippen molar-refractivity contribution in [2.45, 2.75) is 52.8 Å². The highest BCUT2D eigenvalue weighted by Crippen LogP contribution is 2.39. The molecule has 0 spiro atoms. The van der Waals surface area contributed by atoms with E-state index in [1.165, 1.54) is 24.3 Å². The first kappa shape index (κ1) is 26.3. The molecule has 2 atom stereocenters. The molecule has 0 radical (unpaired) electrons. The lowest BCUT2D eigenvalue weighted by molar-refractivity contribution is -0.141. The monoisotopic (exact) mass is 506 g/mol. The van der Waals surface area contributed by atoms with Crippen LogP contribution in [0.15, 0.2) is 66.7 Å². The molecule has 3 aromatic carbocycles. The number of carbonyl (C=O) groups excluding carboxylic acids is 2. The molecule has 37 heavy (non-hydrogen) atoms. The van der Waals surface area contributed by atoms with Crippen LogP contribution in [0.1, 0.15) is 56.0 Å². The van der Waals surface area contributed by atoms with E-state index in [1.807, 2.05) is 45.0 Å². The fourth-order valence-corrected chi connectivity index (χ4v) is 4.55. The van der Waals surface area contributed by atoms with Gasteiger partial charge in [0.05, 0.1) is 6.04 Å². The van der Waals surface area contributed by atoms with E-state index in [1.54, 1.807) is 30.0 Å². The zero-order valence-electron chi connectivity index (χ0n) is 21.6. The molecule has 1 aliphatic heterocycles. The number of ether oxygens (including phenoxy) is 1. The van der Waals surface area contributed by atoms with E-state index in [0.717, 1.165) is 16.7 Å². The van der Waals surface area contributed by atoms with E-state index in [0.29, 0.717) is 24.3 Å². The first-order valence-corrected chi connectivity index (χ1v) is 12.4. The molecule has 7 heteroatoms. The summed E-state index contributed by atoms with van der Waals surface area (Å²) in [7, 11) is 0. The predicted molar refractivity (Wildman–Crippen MR) is 138 cm³/mol. The van der Waals surface area contributed by atoms with E-state index in [4.69, 9.17) is 4.74 Å². The molecule has 4 rings (SSSR count). The molecule has 2 amide bonds. The molecule has 0 fully saturated rings. The number of fused-ring (bicyclic) bond motifs is 1. The van der Waals surface area contributed by atoms with Gasteiger partial charge in [0.1, 0.15) is 17.4 Å². The van der Waals surface area contributed by atoms with E-state index >= 15 is 0 Å². The molecule has 5 nitrogen and oxygen atoms in total. The highest BCUT2D eigenvalue weighted by molar-refractivity contribution is 5.83. The molecule has 0 aromatic heterocycles. The second kappa shape index (κ2) is 10.7. The first-order valence-electron chi connectivity index (χ1n) is 12.4. The van der Waals surface area contributed by atoms with Gasteiger partial charge >= 0.3 is 0 Å². The number of hydrogen-bond acceptors (Lipinski definition) is 3. The van der Waals surface area contributed by atoms with Gasteiger partial charge in [-0.25, -0.2) is 8.78 Å². The quantitative estimate of drug-likeness (QED) is 0.476. The van der Waals surface area contributed by atoms with Gasteiger partial charge in [-0.15, -0.1) is 0 Å². The maximum atomic E-state index is 14.2. The van der Waals surface area contributed by atoms with E-state index in [9.17, 15) is 18.4 Å². The maximum absolute atomic E-state index is 14.2. The summed E-state index contributed by atoms with van der Waals surface area (Å²) in [5.74, 6) is -0.555. The summed E-state index contributed by atoms with van der Waals surface area (Å²) in [6.07, 6.45) is -0.126. The SMILES string of the molecule is C[C@H](Oc1ccc2c(c1)[C@H](c1cccc(F)c1)N(C(=O)C(C)(C)C)CC2)C(=O)NCc1ccc(F)cc1. The fourth-order valence-electron chi connectivity index (χ4n) is 4.55. The number of nitrogens with zero attached hydrogens (tertiary/aromatic N) is 1. The summed E-state index contributed by atoms with van der Waals surface area (Å²) in [6.45, 7) is 8.05. The van der Waals surface area contributed by atoms with Gasteiger partial charge in [0.25, 0.3) is 5.91 Å². The van der Waals surface area contributed by atoms with Crippen molar-refractivity contribution in [3.8, 4) is 5.75 Å². The van der Waals surface area contributed by atoms with E-state index in [2.05, 4.69) is 5.32 Å². The Morgan fingerprint density at radius 2 is 1.76 bits per heavy atom. The molecule has 0 saturated carbocycles. The standard InChI is InChI=1S/C30H32F2N2O3/c1-19(28(35)33-18-20-8-11-23(31)12-9-20)37-25-13-10-21-14-15-34(29(36)30(2,3)4)27(26(21)17-25)22-6-5-7-24(32)16-22/h5-13,16-17,19,27H,14-15,18H2,1-4H3,(H,33,35)/t19-,27-/m0/s1. The number of benzene rings is 3. The number of carbonyl (C=O) groups is 2. The van der Waals surface area contributed by atoms with Crippen molar-refractivity contribution in [1.29, 1.82) is 0 Å². The molecular weight excluding hydrogens is 474 g/mol. The van der Waals surface area contributed by atoms with E-state index in [-0.39, 0.29) is 30.0 Å². The number of rotatable bonds is 6. The minimum Gasteiger partial charge on any atom is -0.481 e. The van der Waals surface area contributed by atoms with Crippen molar-refractivity contribution in [2.75, 3.05) is 6.54 Å². The Bertz CT molecular complexity index is 1280. The molecule has 0 saturated heterocycles. The van der Waals surface area contributed by atoms with Crippen molar-refractivity contribution in [3.05, 3.63) is 101 Å². The lowest BCUT2D eigenvalue weighted by Crippen LogP contribution is -2.45. The molecule has 1 heterocycles. The molecule has 194 valence electrons. The maximum Gasteiger partial charge on any atom is 0.261 e. The third-order valence-corrected chi connectivity index (χ3v) is 6.47. The Hall–Kier alpha value is -3.74. The van der Waals surface area contributed by atoms with Crippen molar-refractivity contribution < 1.29 is 23.1 Å². The highest BCUT2D eigenvalue weighted by atomic mass is 19.1. The van der Waals surface area contributed by atoms with Crippen LogP contribution in [0.25, 0.3) is 0 Å². The zero-order valence-corrected chi connectivity index (χ0v) is 21.6. The van der Waals surface area contributed by atoms with Gasteiger partial charge in [-0.2, -0.15) is 0 Å². The van der Waals surface area contributed by atoms with Gasteiger partial charge in [0.15, 0.2) is 6.10 Å². The summed E-state index contributed by atoms with van der Waals surface area (Å²) in [5, 5.41) is 2.80. The second-order valence-corrected chi connectivity index (χ2v) is 10.4. The molecular formula is C30H32F2N2O3. The van der Waals surface area contributed by atoms with Crippen molar-refractivity contribution >= 4 is 11.8 Å². The molecule has 3 aromatic rings. The van der Waals surface area contributed by atoms with Crippen molar-refractivity contribution in [1.82, 2.24) is 10.2 Å². The van der Waals surface area contributed by atoms with Crippen LogP contribution in [0.5, 0.6) is 5.75 Å². The average molecular weight is 507 g/mol. The second-order valence-electron chi connectivity index (χ2n) is 10.4. The predicted octanol–water partition coefficient (Wildman–Crippen LogP) is 5.57. The van der Waals surface area contributed by atoms with Crippen LogP contribution in [-0.4, -0.2) is 29.4 Å². The van der Waals surface area contributed by atoms with Crippen LogP contribution < -0.4 is 10.1 Å². The van der Waals surface area contributed by atoms with Gasteiger partial charge < -0.3 is 15.0 Å². The number of nitrogens with one attached hydrogen (secondary N) is 1. The largest absolute Gasteiger partial charge is 0.481 e. The number of halogens is 2. The van der Waals surface area contributed by atoms with Crippen LogP contribution in [0.2, 0.25) is 0 Å². The average Bonchev–Trinajstić information content (AvgIpc) is 2.86. The van der Waals surface area contributed by atoms with Gasteiger partial charge in [0.2, 0.25) is 5.91 Å². The van der Waals surface area contributed by atoms with Gasteiger partial charge in [0, 0.05) is 18.5 Å². The Morgan fingerprint density at radius 1 is 1.03 bits per heavy atom. The van der Waals surface area contributed by atoms with Crippen molar-refractivity contribution in [2.24, 2.45) is 5.41 Å². The minimum absolute atomic E-state index is 0.0210. The van der Waals surface area contributed by atoms with Crippen molar-refractivity contribution in [3.63, 3.8) is 0 Å². The smallest absolute Gasteiger partial charge is 0.261 e. The number of amides is 2. The fraction of sp³-hybridized carbons (Fsp3) is 0.333.